The Morgan fingerprint density at radius 2 is 1.94 bits per heavy atom. The largest absolute Gasteiger partial charge is 0.388 e. The highest BCUT2D eigenvalue weighted by molar-refractivity contribution is 5.25. The van der Waals surface area contributed by atoms with Gasteiger partial charge >= 0.3 is 0 Å². The van der Waals surface area contributed by atoms with E-state index >= 15 is 0 Å². The Balaban J connectivity index is 2.05. The quantitative estimate of drug-likeness (QED) is 0.831. The molecular formula is C16H24O. The van der Waals surface area contributed by atoms with Gasteiger partial charge in [0.15, 0.2) is 0 Å². The van der Waals surface area contributed by atoms with Crippen LogP contribution in [0.25, 0.3) is 0 Å². The number of aliphatic hydroxyl groups is 1. The van der Waals surface area contributed by atoms with Crippen LogP contribution in [-0.2, 0) is 6.42 Å². The molecule has 1 saturated carbocycles. The second kappa shape index (κ2) is 5.68. The molecule has 0 aliphatic heterocycles. The summed E-state index contributed by atoms with van der Waals surface area (Å²) in [4.78, 5) is 0. The van der Waals surface area contributed by atoms with Crippen LogP contribution in [0.15, 0.2) is 24.3 Å². The average Bonchev–Trinajstić information content (AvgIpc) is 2.39. The van der Waals surface area contributed by atoms with Crippen molar-refractivity contribution in [3.05, 3.63) is 35.4 Å². The van der Waals surface area contributed by atoms with Crippen LogP contribution < -0.4 is 0 Å². The molecule has 1 aromatic carbocycles. The van der Waals surface area contributed by atoms with E-state index in [-0.39, 0.29) is 6.10 Å². The third-order valence-corrected chi connectivity index (χ3v) is 4.21. The Morgan fingerprint density at radius 3 is 2.59 bits per heavy atom. The smallest absolute Gasteiger partial charge is 0.0818 e. The lowest BCUT2D eigenvalue weighted by Crippen LogP contribution is -2.19. The standard InChI is InChI=1S/C16H24O/c1-3-13-5-4-6-15(11-13)16(17)14-9-7-12(2)8-10-14/h4-6,11-12,14,16-17H,3,7-10H2,1-2H3. The molecule has 1 nitrogen and oxygen atoms in total. The first kappa shape index (κ1) is 12.6. The van der Waals surface area contributed by atoms with E-state index in [0.717, 1.165) is 17.9 Å². The van der Waals surface area contributed by atoms with Gasteiger partial charge < -0.3 is 5.11 Å². The van der Waals surface area contributed by atoms with Crippen molar-refractivity contribution in [3.8, 4) is 0 Å². The molecule has 0 bridgehead atoms. The van der Waals surface area contributed by atoms with Crippen molar-refractivity contribution in [3.63, 3.8) is 0 Å². The molecule has 2 rings (SSSR count). The molecule has 1 aromatic rings. The van der Waals surface area contributed by atoms with Crippen molar-refractivity contribution in [1.29, 1.82) is 0 Å². The Morgan fingerprint density at radius 1 is 1.24 bits per heavy atom. The van der Waals surface area contributed by atoms with Crippen LogP contribution in [0.1, 0.15) is 56.8 Å². The van der Waals surface area contributed by atoms with Gasteiger partial charge in [0.1, 0.15) is 0 Å². The second-order valence-electron chi connectivity index (χ2n) is 5.56. The fourth-order valence-electron chi connectivity index (χ4n) is 2.87. The molecule has 1 aliphatic carbocycles. The highest BCUT2D eigenvalue weighted by Gasteiger charge is 2.25. The first-order chi connectivity index (χ1) is 8.20. The van der Waals surface area contributed by atoms with E-state index < -0.39 is 0 Å². The Bertz CT molecular complexity index is 350. The molecule has 1 heteroatoms. The van der Waals surface area contributed by atoms with Gasteiger partial charge in [0.05, 0.1) is 6.10 Å². The van der Waals surface area contributed by atoms with Gasteiger partial charge in [-0.25, -0.2) is 0 Å². The first-order valence-corrected chi connectivity index (χ1v) is 6.97. The molecule has 0 heterocycles. The number of rotatable bonds is 3. The number of aliphatic hydroxyl groups excluding tert-OH is 1. The minimum absolute atomic E-state index is 0.256. The molecule has 0 amide bonds. The predicted molar refractivity (Wildman–Crippen MR) is 71.9 cm³/mol. The lowest BCUT2D eigenvalue weighted by molar-refractivity contribution is 0.0755. The van der Waals surface area contributed by atoms with Gasteiger partial charge in [-0.05, 0) is 42.2 Å². The highest BCUT2D eigenvalue weighted by atomic mass is 16.3. The summed E-state index contributed by atoms with van der Waals surface area (Å²) in [6.07, 6.45) is 5.69. The molecule has 0 spiro atoms. The summed E-state index contributed by atoms with van der Waals surface area (Å²) in [6.45, 7) is 4.48. The zero-order valence-electron chi connectivity index (χ0n) is 11.0. The highest BCUT2D eigenvalue weighted by Crippen LogP contribution is 2.36. The maximum Gasteiger partial charge on any atom is 0.0818 e. The van der Waals surface area contributed by atoms with Crippen LogP contribution in [0.3, 0.4) is 0 Å². The van der Waals surface area contributed by atoms with Gasteiger partial charge in [-0.3, -0.25) is 0 Å². The first-order valence-electron chi connectivity index (χ1n) is 6.97. The maximum absolute atomic E-state index is 10.5. The number of hydrogen-bond acceptors (Lipinski definition) is 1. The van der Waals surface area contributed by atoms with Gasteiger partial charge in [0, 0.05) is 0 Å². The summed E-state index contributed by atoms with van der Waals surface area (Å²) in [6, 6.07) is 8.45. The van der Waals surface area contributed by atoms with Crippen molar-refractivity contribution in [2.45, 2.75) is 52.1 Å². The van der Waals surface area contributed by atoms with Crippen molar-refractivity contribution in [1.82, 2.24) is 0 Å². The Labute approximate surface area is 105 Å². The SMILES string of the molecule is CCc1cccc(C(O)C2CCC(C)CC2)c1. The van der Waals surface area contributed by atoms with Gasteiger partial charge in [-0.2, -0.15) is 0 Å². The summed E-state index contributed by atoms with van der Waals surface area (Å²) in [5.74, 6) is 1.32. The lowest BCUT2D eigenvalue weighted by atomic mass is 9.78. The van der Waals surface area contributed by atoms with Crippen molar-refractivity contribution in [2.75, 3.05) is 0 Å². The van der Waals surface area contributed by atoms with Crippen LogP contribution in [0.4, 0.5) is 0 Å². The third-order valence-electron chi connectivity index (χ3n) is 4.21. The monoisotopic (exact) mass is 232 g/mol. The number of hydrogen-bond donors (Lipinski definition) is 1. The molecule has 0 radical (unpaired) electrons. The molecular weight excluding hydrogens is 208 g/mol. The molecule has 1 N–H and O–H groups in total. The predicted octanol–water partition coefficient (Wildman–Crippen LogP) is 4.11. The minimum Gasteiger partial charge on any atom is -0.388 e. The van der Waals surface area contributed by atoms with Crippen molar-refractivity contribution in [2.24, 2.45) is 11.8 Å². The molecule has 1 atom stereocenters. The van der Waals surface area contributed by atoms with Gasteiger partial charge in [-0.1, -0.05) is 51.0 Å². The van der Waals surface area contributed by atoms with E-state index in [0.29, 0.717) is 5.92 Å². The van der Waals surface area contributed by atoms with Gasteiger partial charge in [0.2, 0.25) is 0 Å². The zero-order valence-corrected chi connectivity index (χ0v) is 11.0. The fraction of sp³-hybridized carbons (Fsp3) is 0.625. The van der Waals surface area contributed by atoms with Crippen molar-refractivity contribution < 1.29 is 5.11 Å². The van der Waals surface area contributed by atoms with Crippen LogP contribution >= 0.6 is 0 Å². The number of aryl methyl sites for hydroxylation is 1. The summed E-state index contributed by atoms with van der Waals surface area (Å²) in [7, 11) is 0. The second-order valence-corrected chi connectivity index (χ2v) is 5.56. The van der Waals surface area contributed by atoms with E-state index in [4.69, 9.17) is 0 Å². The van der Waals surface area contributed by atoms with Gasteiger partial charge in [-0.15, -0.1) is 0 Å². The van der Waals surface area contributed by atoms with Crippen LogP contribution in [0.5, 0.6) is 0 Å². The molecule has 1 fully saturated rings. The lowest BCUT2D eigenvalue weighted by Gasteiger charge is -2.30. The summed E-state index contributed by atoms with van der Waals surface area (Å²) in [5, 5.41) is 10.5. The molecule has 17 heavy (non-hydrogen) atoms. The van der Waals surface area contributed by atoms with E-state index in [2.05, 4.69) is 38.1 Å². The Kier molecular flexibility index (Phi) is 4.22. The van der Waals surface area contributed by atoms with Gasteiger partial charge in [0.25, 0.3) is 0 Å². The van der Waals surface area contributed by atoms with Crippen LogP contribution in [-0.4, -0.2) is 5.11 Å². The van der Waals surface area contributed by atoms with Crippen molar-refractivity contribution >= 4 is 0 Å². The topological polar surface area (TPSA) is 20.2 Å². The van der Waals surface area contributed by atoms with E-state index in [1.807, 2.05) is 0 Å². The van der Waals surface area contributed by atoms with E-state index in [9.17, 15) is 5.11 Å². The van der Waals surface area contributed by atoms with E-state index in [1.165, 1.54) is 31.2 Å². The molecule has 1 aliphatic rings. The molecule has 94 valence electrons. The number of benzene rings is 1. The molecule has 0 saturated heterocycles. The molecule has 1 unspecified atom stereocenters. The van der Waals surface area contributed by atoms with Crippen LogP contribution in [0.2, 0.25) is 0 Å². The summed E-state index contributed by atoms with van der Waals surface area (Å²) < 4.78 is 0. The average molecular weight is 232 g/mol. The zero-order chi connectivity index (χ0) is 12.3. The summed E-state index contributed by atoms with van der Waals surface area (Å²) in [5.41, 5.74) is 2.44. The fourth-order valence-corrected chi connectivity index (χ4v) is 2.87. The maximum atomic E-state index is 10.5. The van der Waals surface area contributed by atoms with E-state index in [1.54, 1.807) is 0 Å². The molecule has 0 aromatic heterocycles. The normalized spacial score (nSPS) is 26.8. The third kappa shape index (κ3) is 3.10. The minimum atomic E-state index is -0.256. The van der Waals surface area contributed by atoms with Crippen LogP contribution in [0, 0.1) is 11.8 Å². The summed E-state index contributed by atoms with van der Waals surface area (Å²) >= 11 is 0. The Hall–Kier alpha value is -0.820.